The molecule has 3 heterocycles. The average molecular weight is 434 g/mol. The van der Waals surface area contributed by atoms with E-state index in [1.54, 1.807) is 17.3 Å². The number of nitrogens with zero attached hydrogens (tertiary/aromatic N) is 3. The van der Waals surface area contributed by atoms with Gasteiger partial charge in [-0.25, -0.2) is 0 Å². The minimum absolute atomic E-state index is 0.00540. The lowest BCUT2D eigenvalue weighted by Gasteiger charge is -2.30. The van der Waals surface area contributed by atoms with Crippen LogP contribution in [0.5, 0.6) is 0 Å². The number of carbonyl (C=O) groups excluding carboxylic acids is 2. The topological polar surface area (TPSA) is 53.5 Å². The van der Waals surface area contributed by atoms with Gasteiger partial charge in [-0.2, -0.15) is 0 Å². The van der Waals surface area contributed by atoms with Gasteiger partial charge in [0.2, 0.25) is 5.91 Å². The summed E-state index contributed by atoms with van der Waals surface area (Å²) in [4.78, 5) is 35.2. The standard InChI is InChI=1S/C25H27N3O2S/c1-2-19-9-11-20(12-10-19)17-27(18-21-6-3-13-26-16-21)24(29)22-7-4-14-28(22)25(30)23-8-5-15-31-23/h3,5-6,8-13,15-16,22H,2,4,7,14,17-18H2,1H3/t22-/m1/s1. The molecule has 1 fully saturated rings. The van der Waals surface area contributed by atoms with Crippen LogP contribution in [0.3, 0.4) is 0 Å². The quantitative estimate of drug-likeness (QED) is 0.550. The molecule has 0 spiro atoms. The molecule has 5 nitrogen and oxygen atoms in total. The van der Waals surface area contributed by atoms with Crippen LogP contribution in [0.2, 0.25) is 0 Å². The number of aryl methyl sites for hydroxylation is 1. The van der Waals surface area contributed by atoms with Gasteiger partial charge in [0.15, 0.2) is 0 Å². The normalized spacial score (nSPS) is 15.8. The lowest BCUT2D eigenvalue weighted by Crippen LogP contribution is -2.47. The van der Waals surface area contributed by atoms with E-state index in [1.165, 1.54) is 16.9 Å². The summed E-state index contributed by atoms with van der Waals surface area (Å²) in [6.45, 7) is 3.74. The highest BCUT2D eigenvalue weighted by Gasteiger charge is 2.37. The lowest BCUT2D eigenvalue weighted by molar-refractivity contribution is -0.136. The van der Waals surface area contributed by atoms with E-state index in [0.29, 0.717) is 30.9 Å². The van der Waals surface area contributed by atoms with Crippen LogP contribution < -0.4 is 0 Å². The molecule has 2 aromatic heterocycles. The van der Waals surface area contributed by atoms with Crippen LogP contribution >= 0.6 is 11.3 Å². The number of amides is 2. The molecule has 4 rings (SSSR count). The fourth-order valence-corrected chi connectivity index (χ4v) is 4.72. The second-order valence-electron chi connectivity index (χ2n) is 7.86. The van der Waals surface area contributed by atoms with Crippen molar-refractivity contribution in [2.24, 2.45) is 0 Å². The van der Waals surface area contributed by atoms with Gasteiger partial charge in [0.25, 0.3) is 5.91 Å². The number of carbonyl (C=O) groups is 2. The molecule has 0 unspecified atom stereocenters. The van der Waals surface area contributed by atoms with Crippen LogP contribution in [0.4, 0.5) is 0 Å². The number of rotatable bonds is 7. The number of benzene rings is 1. The van der Waals surface area contributed by atoms with Crippen LogP contribution in [-0.4, -0.2) is 39.2 Å². The Kier molecular flexibility index (Phi) is 6.77. The van der Waals surface area contributed by atoms with Crippen LogP contribution in [0.25, 0.3) is 0 Å². The van der Waals surface area contributed by atoms with Gasteiger partial charge in [0.1, 0.15) is 6.04 Å². The molecule has 1 aliphatic rings. The van der Waals surface area contributed by atoms with Gasteiger partial charge in [0, 0.05) is 32.0 Å². The third-order valence-corrected chi connectivity index (χ3v) is 6.60. The Bertz CT molecular complexity index is 1000. The van der Waals surface area contributed by atoms with E-state index in [9.17, 15) is 9.59 Å². The van der Waals surface area contributed by atoms with Gasteiger partial charge in [-0.1, -0.05) is 43.3 Å². The van der Waals surface area contributed by atoms with E-state index < -0.39 is 6.04 Å². The third-order valence-electron chi connectivity index (χ3n) is 5.74. The Hall–Kier alpha value is -2.99. The first-order chi connectivity index (χ1) is 15.2. The number of aromatic nitrogens is 1. The van der Waals surface area contributed by atoms with Crippen molar-refractivity contribution in [3.05, 3.63) is 87.9 Å². The largest absolute Gasteiger partial charge is 0.332 e. The predicted octanol–water partition coefficient (Wildman–Crippen LogP) is 4.54. The zero-order valence-corrected chi connectivity index (χ0v) is 18.6. The van der Waals surface area contributed by atoms with Crippen molar-refractivity contribution in [2.75, 3.05) is 6.54 Å². The molecule has 1 aliphatic heterocycles. The molecule has 0 aliphatic carbocycles. The second-order valence-corrected chi connectivity index (χ2v) is 8.81. The maximum absolute atomic E-state index is 13.7. The van der Waals surface area contributed by atoms with Crippen molar-refractivity contribution >= 4 is 23.2 Å². The Balaban J connectivity index is 1.56. The van der Waals surface area contributed by atoms with E-state index in [0.717, 1.165) is 24.0 Å². The van der Waals surface area contributed by atoms with Crippen molar-refractivity contribution in [2.45, 2.75) is 45.3 Å². The molecule has 3 aromatic rings. The molecule has 0 bridgehead atoms. The molecular formula is C25H27N3O2S. The molecule has 0 saturated carbocycles. The first kappa shape index (κ1) is 21.2. The minimum atomic E-state index is -0.416. The molecule has 2 amide bonds. The summed E-state index contributed by atoms with van der Waals surface area (Å²) in [5.74, 6) is -0.0368. The minimum Gasteiger partial charge on any atom is -0.332 e. The number of thiophene rings is 1. The van der Waals surface area contributed by atoms with Gasteiger partial charge >= 0.3 is 0 Å². The number of likely N-dealkylation sites (tertiary alicyclic amines) is 1. The predicted molar refractivity (Wildman–Crippen MR) is 123 cm³/mol. The lowest BCUT2D eigenvalue weighted by atomic mass is 10.1. The van der Waals surface area contributed by atoms with Gasteiger partial charge in [-0.05, 0) is 53.5 Å². The van der Waals surface area contributed by atoms with Gasteiger partial charge < -0.3 is 9.80 Å². The molecule has 1 aromatic carbocycles. The molecule has 31 heavy (non-hydrogen) atoms. The summed E-state index contributed by atoms with van der Waals surface area (Å²) in [7, 11) is 0. The van der Waals surface area contributed by atoms with Crippen LogP contribution in [0.15, 0.2) is 66.3 Å². The Morgan fingerprint density at radius 1 is 1.06 bits per heavy atom. The molecule has 160 valence electrons. The molecule has 0 N–H and O–H groups in total. The summed E-state index contributed by atoms with van der Waals surface area (Å²) in [6, 6.07) is 15.6. The summed E-state index contributed by atoms with van der Waals surface area (Å²) in [6.07, 6.45) is 6.06. The van der Waals surface area contributed by atoms with E-state index in [-0.39, 0.29) is 11.8 Å². The first-order valence-electron chi connectivity index (χ1n) is 10.8. The van der Waals surface area contributed by atoms with E-state index >= 15 is 0 Å². The highest BCUT2D eigenvalue weighted by atomic mass is 32.1. The monoisotopic (exact) mass is 433 g/mol. The molecular weight excluding hydrogens is 406 g/mol. The molecule has 1 atom stereocenters. The van der Waals surface area contributed by atoms with Crippen LogP contribution in [-0.2, 0) is 24.3 Å². The fraction of sp³-hybridized carbons (Fsp3) is 0.320. The third kappa shape index (κ3) is 5.02. The average Bonchev–Trinajstić information content (AvgIpc) is 3.51. The van der Waals surface area contributed by atoms with Crippen LogP contribution in [0, 0.1) is 0 Å². The summed E-state index contributed by atoms with van der Waals surface area (Å²) < 4.78 is 0. The van der Waals surface area contributed by atoms with Crippen molar-refractivity contribution in [1.82, 2.24) is 14.8 Å². The Morgan fingerprint density at radius 3 is 2.52 bits per heavy atom. The zero-order chi connectivity index (χ0) is 21.6. The van der Waals surface area contributed by atoms with E-state index in [1.807, 2.05) is 34.5 Å². The maximum Gasteiger partial charge on any atom is 0.264 e. The fourth-order valence-electron chi connectivity index (χ4n) is 4.04. The number of hydrogen-bond donors (Lipinski definition) is 0. The van der Waals surface area contributed by atoms with Crippen molar-refractivity contribution in [1.29, 1.82) is 0 Å². The van der Waals surface area contributed by atoms with Gasteiger partial charge in [-0.15, -0.1) is 11.3 Å². The highest BCUT2D eigenvalue weighted by Crippen LogP contribution is 2.25. The summed E-state index contributed by atoms with van der Waals surface area (Å²) in [5.41, 5.74) is 3.34. The first-order valence-corrected chi connectivity index (χ1v) is 11.6. The zero-order valence-electron chi connectivity index (χ0n) is 17.7. The van der Waals surface area contributed by atoms with Gasteiger partial charge in [0.05, 0.1) is 4.88 Å². The van der Waals surface area contributed by atoms with Crippen molar-refractivity contribution < 1.29 is 9.59 Å². The molecule has 0 radical (unpaired) electrons. The van der Waals surface area contributed by atoms with Crippen molar-refractivity contribution in [3.63, 3.8) is 0 Å². The molecule has 1 saturated heterocycles. The Morgan fingerprint density at radius 2 is 1.84 bits per heavy atom. The van der Waals surface area contributed by atoms with Crippen LogP contribution in [0.1, 0.15) is 46.1 Å². The molecule has 6 heteroatoms. The van der Waals surface area contributed by atoms with E-state index in [4.69, 9.17) is 0 Å². The SMILES string of the molecule is CCc1ccc(CN(Cc2cccnc2)C(=O)[C@H]2CCCN2C(=O)c2cccs2)cc1. The highest BCUT2D eigenvalue weighted by molar-refractivity contribution is 7.12. The smallest absolute Gasteiger partial charge is 0.264 e. The summed E-state index contributed by atoms with van der Waals surface area (Å²) >= 11 is 1.42. The Labute approximate surface area is 187 Å². The van der Waals surface area contributed by atoms with E-state index in [2.05, 4.69) is 36.2 Å². The summed E-state index contributed by atoms with van der Waals surface area (Å²) in [5, 5.41) is 1.90. The van der Waals surface area contributed by atoms with Gasteiger partial charge in [-0.3, -0.25) is 14.6 Å². The second kappa shape index (κ2) is 9.88. The van der Waals surface area contributed by atoms with Crippen molar-refractivity contribution in [3.8, 4) is 0 Å². The maximum atomic E-state index is 13.7. The number of hydrogen-bond acceptors (Lipinski definition) is 4. The number of pyridine rings is 1.